The molecule has 8 heteroatoms. The number of guanidine groups is 2. The Hall–Kier alpha value is -1.44. The summed E-state index contributed by atoms with van der Waals surface area (Å²) in [7, 11) is 0. The summed E-state index contributed by atoms with van der Waals surface area (Å²) in [5, 5.41) is 1.65. The number of hydrogen-bond donors (Lipinski definition) is 2. The van der Waals surface area contributed by atoms with Crippen molar-refractivity contribution in [3.8, 4) is 0 Å². The normalized spacial score (nSPS) is 20.1. The lowest BCUT2D eigenvalue weighted by molar-refractivity contribution is -0.179. The van der Waals surface area contributed by atoms with E-state index in [1.54, 1.807) is 5.06 Å². The summed E-state index contributed by atoms with van der Waals surface area (Å²) >= 11 is 1.91. The molecule has 120 valence electrons. The van der Waals surface area contributed by atoms with Crippen LogP contribution >= 0.6 is 24.2 Å². The first-order chi connectivity index (χ1) is 10.2. The highest BCUT2D eigenvalue weighted by Crippen LogP contribution is 2.35. The van der Waals surface area contributed by atoms with E-state index in [2.05, 4.69) is 9.98 Å². The van der Waals surface area contributed by atoms with Crippen LogP contribution in [0.1, 0.15) is 18.4 Å². The Kier molecular flexibility index (Phi) is 5.55. The smallest absolute Gasteiger partial charge is 0.226 e. The summed E-state index contributed by atoms with van der Waals surface area (Å²) in [5.41, 5.74) is 12.4. The highest BCUT2D eigenvalue weighted by molar-refractivity contribution is 7.99. The molecule has 6 nitrogen and oxygen atoms in total. The topological polar surface area (TPSA) is 89.2 Å². The first-order valence-corrected chi connectivity index (χ1v) is 8.09. The molecular formula is C14H20ClN5OS. The molecule has 2 aliphatic heterocycles. The molecule has 1 aromatic carbocycles. The Labute approximate surface area is 140 Å². The van der Waals surface area contributed by atoms with Crippen LogP contribution in [0.3, 0.4) is 0 Å². The van der Waals surface area contributed by atoms with Gasteiger partial charge >= 0.3 is 0 Å². The molecule has 0 unspecified atom stereocenters. The molecule has 1 fully saturated rings. The third-order valence-corrected chi connectivity index (χ3v) is 4.62. The first-order valence-electron chi connectivity index (χ1n) is 6.94. The number of rotatable bonds is 3. The molecule has 0 atom stereocenters. The standard InChI is InChI=1S/C14H19N5OS.ClH/c15-12-17-13(16)19(14(18-12)6-8-21-9-7-14)20-10-11-4-2-1-3-5-11;/h1-5H,6-10H2,(H4,15,16,17,18);1H. The number of nitrogens with two attached hydrogens (primary N) is 2. The van der Waals surface area contributed by atoms with Crippen LogP contribution in [-0.4, -0.2) is 34.2 Å². The van der Waals surface area contributed by atoms with Crippen LogP contribution in [0.5, 0.6) is 0 Å². The van der Waals surface area contributed by atoms with Gasteiger partial charge in [-0.3, -0.25) is 4.84 Å². The Morgan fingerprint density at radius 3 is 2.55 bits per heavy atom. The van der Waals surface area contributed by atoms with Gasteiger partial charge in [-0.25, -0.2) is 4.99 Å². The lowest BCUT2D eigenvalue weighted by atomic mass is 10.0. The molecule has 0 radical (unpaired) electrons. The van der Waals surface area contributed by atoms with Gasteiger partial charge in [0.2, 0.25) is 11.9 Å². The SMILES string of the molecule is Cl.NC1=NC2(CCSCC2)N(OCc2ccccc2)C(N)=N1. The molecule has 0 aromatic heterocycles. The second-order valence-corrected chi connectivity index (χ2v) is 6.31. The molecule has 4 N–H and O–H groups in total. The second kappa shape index (κ2) is 7.21. The van der Waals surface area contributed by atoms with Gasteiger partial charge in [0, 0.05) is 12.8 Å². The molecule has 2 heterocycles. The number of aliphatic imine (C=N–C) groups is 2. The Balaban J connectivity index is 0.00000176. The van der Waals surface area contributed by atoms with E-state index in [4.69, 9.17) is 16.3 Å². The third-order valence-electron chi connectivity index (χ3n) is 3.63. The number of hydrogen-bond acceptors (Lipinski definition) is 7. The van der Waals surface area contributed by atoms with E-state index in [0.29, 0.717) is 6.61 Å². The van der Waals surface area contributed by atoms with Crippen LogP contribution in [0.15, 0.2) is 40.3 Å². The molecule has 1 spiro atoms. The monoisotopic (exact) mass is 341 g/mol. The Morgan fingerprint density at radius 1 is 1.18 bits per heavy atom. The van der Waals surface area contributed by atoms with Crippen LogP contribution in [0.25, 0.3) is 0 Å². The maximum Gasteiger partial charge on any atom is 0.226 e. The highest BCUT2D eigenvalue weighted by atomic mass is 35.5. The van der Waals surface area contributed by atoms with Gasteiger partial charge in [0.1, 0.15) is 6.61 Å². The molecule has 1 saturated heterocycles. The second-order valence-electron chi connectivity index (χ2n) is 5.09. The van der Waals surface area contributed by atoms with Gasteiger partial charge < -0.3 is 11.5 Å². The summed E-state index contributed by atoms with van der Waals surface area (Å²) in [6.07, 6.45) is 1.70. The van der Waals surface area contributed by atoms with E-state index in [1.165, 1.54) is 0 Å². The van der Waals surface area contributed by atoms with Crippen molar-refractivity contribution in [1.29, 1.82) is 0 Å². The number of nitrogens with zero attached hydrogens (tertiary/aromatic N) is 3. The van der Waals surface area contributed by atoms with E-state index >= 15 is 0 Å². The van der Waals surface area contributed by atoms with Gasteiger partial charge in [-0.2, -0.15) is 21.8 Å². The first kappa shape index (κ1) is 16.9. The third kappa shape index (κ3) is 3.48. The van der Waals surface area contributed by atoms with Crippen molar-refractivity contribution in [2.75, 3.05) is 11.5 Å². The van der Waals surface area contributed by atoms with Crippen molar-refractivity contribution in [1.82, 2.24) is 5.06 Å². The van der Waals surface area contributed by atoms with Crippen molar-refractivity contribution < 1.29 is 4.84 Å². The number of hydroxylamine groups is 2. The highest BCUT2D eigenvalue weighted by Gasteiger charge is 2.43. The fourth-order valence-corrected chi connectivity index (χ4v) is 3.72. The van der Waals surface area contributed by atoms with E-state index < -0.39 is 5.66 Å². The van der Waals surface area contributed by atoms with Gasteiger partial charge in [-0.15, -0.1) is 12.4 Å². The molecule has 0 saturated carbocycles. The van der Waals surface area contributed by atoms with Crippen LogP contribution in [-0.2, 0) is 11.4 Å². The summed E-state index contributed by atoms with van der Waals surface area (Å²) in [6.45, 7) is 0.432. The lowest BCUT2D eigenvalue weighted by Gasteiger charge is -2.43. The molecule has 0 bridgehead atoms. The van der Waals surface area contributed by atoms with E-state index in [1.807, 2.05) is 42.1 Å². The maximum absolute atomic E-state index is 6.02. The largest absolute Gasteiger partial charge is 0.368 e. The summed E-state index contributed by atoms with van der Waals surface area (Å²) in [6, 6.07) is 9.96. The van der Waals surface area contributed by atoms with Crippen LogP contribution < -0.4 is 11.5 Å². The fraction of sp³-hybridized carbons (Fsp3) is 0.429. The minimum Gasteiger partial charge on any atom is -0.368 e. The average molecular weight is 342 g/mol. The molecule has 0 aliphatic carbocycles. The van der Waals surface area contributed by atoms with Crippen molar-refractivity contribution in [3.05, 3.63) is 35.9 Å². The number of thioether (sulfide) groups is 1. The van der Waals surface area contributed by atoms with E-state index in [0.717, 1.165) is 29.9 Å². The van der Waals surface area contributed by atoms with Crippen molar-refractivity contribution in [2.45, 2.75) is 25.1 Å². The molecule has 1 aromatic rings. The zero-order valence-corrected chi connectivity index (χ0v) is 13.8. The van der Waals surface area contributed by atoms with E-state index in [-0.39, 0.29) is 24.3 Å². The van der Waals surface area contributed by atoms with Crippen LogP contribution in [0.2, 0.25) is 0 Å². The Bertz CT molecular complexity index is 560. The predicted octanol–water partition coefficient (Wildman–Crippen LogP) is 1.71. The lowest BCUT2D eigenvalue weighted by Crippen LogP contribution is -2.58. The molecule has 0 amide bonds. The quantitative estimate of drug-likeness (QED) is 0.873. The molecule has 2 aliphatic rings. The van der Waals surface area contributed by atoms with Crippen molar-refractivity contribution in [3.63, 3.8) is 0 Å². The van der Waals surface area contributed by atoms with Gasteiger partial charge in [0.25, 0.3) is 0 Å². The van der Waals surface area contributed by atoms with E-state index in [9.17, 15) is 0 Å². The minimum atomic E-state index is -0.504. The maximum atomic E-state index is 6.02. The fourth-order valence-electron chi connectivity index (χ4n) is 2.57. The molecular weight excluding hydrogens is 322 g/mol. The van der Waals surface area contributed by atoms with Gasteiger partial charge in [0.15, 0.2) is 5.66 Å². The van der Waals surface area contributed by atoms with Gasteiger partial charge in [0.05, 0.1) is 0 Å². The predicted molar refractivity (Wildman–Crippen MR) is 92.9 cm³/mol. The van der Waals surface area contributed by atoms with Gasteiger partial charge in [-0.05, 0) is 17.1 Å². The number of benzene rings is 1. The zero-order chi connectivity index (χ0) is 14.7. The molecule has 3 rings (SSSR count). The van der Waals surface area contributed by atoms with Crippen LogP contribution in [0.4, 0.5) is 0 Å². The zero-order valence-electron chi connectivity index (χ0n) is 12.1. The van der Waals surface area contributed by atoms with Crippen molar-refractivity contribution in [2.24, 2.45) is 21.5 Å². The van der Waals surface area contributed by atoms with Gasteiger partial charge in [-0.1, -0.05) is 30.3 Å². The number of halogens is 1. The summed E-state index contributed by atoms with van der Waals surface area (Å²) in [4.78, 5) is 14.5. The van der Waals surface area contributed by atoms with Crippen LogP contribution in [0, 0.1) is 0 Å². The van der Waals surface area contributed by atoms with Crippen molar-refractivity contribution >= 4 is 36.1 Å². The summed E-state index contributed by atoms with van der Waals surface area (Å²) < 4.78 is 0. The Morgan fingerprint density at radius 2 is 1.86 bits per heavy atom. The average Bonchev–Trinajstić information content (AvgIpc) is 2.48. The minimum absolute atomic E-state index is 0. The summed E-state index contributed by atoms with van der Waals surface area (Å²) in [5.74, 6) is 2.54. The molecule has 22 heavy (non-hydrogen) atoms.